The van der Waals surface area contributed by atoms with Crippen molar-refractivity contribution in [2.75, 3.05) is 0 Å². The Kier molecular flexibility index (Phi) is 3.99. The van der Waals surface area contributed by atoms with E-state index in [4.69, 9.17) is 10.4 Å². The van der Waals surface area contributed by atoms with Gasteiger partial charge in [0.2, 0.25) is 10.0 Å². The summed E-state index contributed by atoms with van der Waals surface area (Å²) >= 11 is 0. The Morgan fingerprint density at radius 3 is 2.13 bits per heavy atom. The molecule has 0 radical (unpaired) electrons. The quantitative estimate of drug-likeness (QED) is 0.938. The summed E-state index contributed by atoms with van der Waals surface area (Å²) in [6.07, 6.45) is 4.64. The van der Waals surface area contributed by atoms with E-state index in [2.05, 4.69) is 4.98 Å². The lowest BCUT2D eigenvalue weighted by molar-refractivity contribution is 0.598. The standard InChI is InChI=1S/C17H15N3O2S/c18-10-14-7-4-13(11-20-14)17-3-1-2-16(17)12-5-8-15(9-6-12)23(19,21)22/h4-9,11H,1-3H2,(H2,19,21,22). The molecule has 116 valence electrons. The predicted molar refractivity (Wildman–Crippen MR) is 87.4 cm³/mol. The highest BCUT2D eigenvalue weighted by Gasteiger charge is 2.18. The molecule has 0 atom stereocenters. The Morgan fingerprint density at radius 2 is 1.61 bits per heavy atom. The van der Waals surface area contributed by atoms with Crippen LogP contribution in [-0.4, -0.2) is 13.4 Å². The molecule has 0 unspecified atom stereocenters. The minimum Gasteiger partial charge on any atom is -0.245 e. The van der Waals surface area contributed by atoms with Gasteiger partial charge in [0.1, 0.15) is 11.8 Å². The van der Waals surface area contributed by atoms with Crippen molar-refractivity contribution in [3.05, 3.63) is 59.4 Å². The number of pyridine rings is 1. The predicted octanol–water partition coefficient (Wildman–Crippen LogP) is 2.70. The van der Waals surface area contributed by atoms with Gasteiger partial charge in [0.05, 0.1) is 4.90 Å². The van der Waals surface area contributed by atoms with Crippen LogP contribution in [0.15, 0.2) is 47.5 Å². The van der Waals surface area contributed by atoms with Gasteiger partial charge in [-0.1, -0.05) is 18.2 Å². The van der Waals surface area contributed by atoms with Crippen LogP contribution in [0, 0.1) is 11.3 Å². The van der Waals surface area contributed by atoms with Gasteiger partial charge in [-0.25, -0.2) is 18.5 Å². The van der Waals surface area contributed by atoms with Crippen LogP contribution >= 0.6 is 0 Å². The van der Waals surface area contributed by atoms with E-state index in [9.17, 15) is 8.42 Å². The number of aromatic nitrogens is 1. The molecule has 0 amide bonds. The van der Waals surface area contributed by atoms with Crippen LogP contribution in [0.25, 0.3) is 11.1 Å². The molecule has 2 N–H and O–H groups in total. The van der Waals surface area contributed by atoms with Gasteiger partial charge in [-0.3, -0.25) is 0 Å². The summed E-state index contributed by atoms with van der Waals surface area (Å²) in [6, 6.07) is 12.3. The number of allylic oxidation sites excluding steroid dienone is 2. The van der Waals surface area contributed by atoms with Crippen LogP contribution in [0.1, 0.15) is 36.1 Å². The monoisotopic (exact) mass is 325 g/mol. The Bertz CT molecular complexity index is 906. The third kappa shape index (κ3) is 3.16. The zero-order valence-corrected chi connectivity index (χ0v) is 13.2. The van der Waals surface area contributed by atoms with Crippen molar-refractivity contribution < 1.29 is 8.42 Å². The van der Waals surface area contributed by atoms with Gasteiger partial charge in [-0.05, 0) is 59.7 Å². The lowest BCUT2D eigenvalue weighted by Gasteiger charge is -2.09. The molecule has 1 aliphatic carbocycles. The molecule has 0 fully saturated rings. The molecule has 0 aliphatic heterocycles. The SMILES string of the molecule is N#Cc1ccc(C2=C(c3ccc(S(N)(=O)=O)cc3)CCC2)cn1. The Morgan fingerprint density at radius 1 is 1.00 bits per heavy atom. The van der Waals surface area contributed by atoms with Crippen molar-refractivity contribution >= 4 is 21.2 Å². The fourth-order valence-corrected chi connectivity index (χ4v) is 3.38. The molecule has 0 bridgehead atoms. The highest BCUT2D eigenvalue weighted by Crippen LogP contribution is 2.39. The van der Waals surface area contributed by atoms with Gasteiger partial charge >= 0.3 is 0 Å². The van der Waals surface area contributed by atoms with Gasteiger partial charge in [0.15, 0.2) is 0 Å². The number of benzene rings is 1. The van der Waals surface area contributed by atoms with Crippen molar-refractivity contribution in [1.29, 1.82) is 5.26 Å². The van der Waals surface area contributed by atoms with E-state index in [1.54, 1.807) is 24.4 Å². The molecule has 1 aromatic carbocycles. The van der Waals surface area contributed by atoms with Crippen LogP contribution in [-0.2, 0) is 10.0 Å². The summed E-state index contributed by atoms with van der Waals surface area (Å²) in [6.45, 7) is 0. The number of hydrogen-bond donors (Lipinski definition) is 1. The maximum Gasteiger partial charge on any atom is 0.238 e. The number of nitrogens with two attached hydrogens (primary N) is 1. The van der Waals surface area contributed by atoms with Crippen molar-refractivity contribution in [1.82, 2.24) is 4.98 Å². The summed E-state index contributed by atoms with van der Waals surface area (Å²) in [5.74, 6) is 0. The molecule has 23 heavy (non-hydrogen) atoms. The summed E-state index contributed by atoms with van der Waals surface area (Å²) in [5.41, 5.74) is 4.79. The molecule has 1 aliphatic rings. The van der Waals surface area contributed by atoms with Gasteiger partial charge in [0.25, 0.3) is 0 Å². The van der Waals surface area contributed by atoms with Gasteiger partial charge in [0, 0.05) is 6.20 Å². The molecule has 0 saturated heterocycles. The largest absolute Gasteiger partial charge is 0.245 e. The second-order valence-electron chi connectivity index (χ2n) is 5.42. The normalized spacial score (nSPS) is 14.8. The van der Waals surface area contributed by atoms with Crippen molar-refractivity contribution in [3.8, 4) is 6.07 Å². The van der Waals surface area contributed by atoms with Crippen LogP contribution in [0.2, 0.25) is 0 Å². The number of nitrogens with zero attached hydrogens (tertiary/aromatic N) is 2. The highest BCUT2D eigenvalue weighted by atomic mass is 32.2. The summed E-state index contributed by atoms with van der Waals surface area (Å²) in [7, 11) is -3.67. The molecule has 0 spiro atoms. The first-order valence-corrected chi connectivity index (χ1v) is 8.75. The lowest BCUT2D eigenvalue weighted by atomic mass is 9.98. The van der Waals surface area contributed by atoms with E-state index in [0.717, 1.165) is 30.4 Å². The molecule has 3 rings (SSSR count). The maximum absolute atomic E-state index is 11.3. The Hall–Kier alpha value is -2.49. The van der Waals surface area contributed by atoms with Crippen LogP contribution in [0.3, 0.4) is 0 Å². The summed E-state index contributed by atoms with van der Waals surface area (Å²) in [5, 5.41) is 14.0. The first-order valence-electron chi connectivity index (χ1n) is 7.21. The zero-order chi connectivity index (χ0) is 16.4. The third-order valence-electron chi connectivity index (χ3n) is 3.98. The van der Waals surface area contributed by atoms with E-state index < -0.39 is 10.0 Å². The summed E-state index contributed by atoms with van der Waals surface area (Å²) < 4.78 is 22.7. The van der Waals surface area contributed by atoms with E-state index in [1.807, 2.05) is 12.1 Å². The van der Waals surface area contributed by atoms with Gasteiger partial charge in [-0.15, -0.1) is 0 Å². The van der Waals surface area contributed by atoms with Crippen molar-refractivity contribution in [2.45, 2.75) is 24.2 Å². The Balaban J connectivity index is 2.00. The van der Waals surface area contributed by atoms with E-state index >= 15 is 0 Å². The van der Waals surface area contributed by atoms with Crippen LogP contribution in [0.4, 0.5) is 0 Å². The zero-order valence-electron chi connectivity index (χ0n) is 12.4. The second-order valence-corrected chi connectivity index (χ2v) is 6.99. The molecule has 2 aromatic rings. The molecule has 0 saturated carbocycles. The molecule has 6 heteroatoms. The van der Waals surface area contributed by atoms with Crippen molar-refractivity contribution in [3.63, 3.8) is 0 Å². The number of rotatable bonds is 3. The fraction of sp³-hybridized carbons (Fsp3) is 0.176. The molecular formula is C17H15N3O2S. The molecule has 1 aromatic heterocycles. The number of hydrogen-bond acceptors (Lipinski definition) is 4. The average molecular weight is 325 g/mol. The van der Waals surface area contributed by atoms with Gasteiger partial charge < -0.3 is 0 Å². The van der Waals surface area contributed by atoms with E-state index in [-0.39, 0.29) is 4.90 Å². The lowest BCUT2D eigenvalue weighted by Crippen LogP contribution is -2.11. The highest BCUT2D eigenvalue weighted by molar-refractivity contribution is 7.89. The topological polar surface area (TPSA) is 96.8 Å². The average Bonchev–Trinajstić information content (AvgIpc) is 3.04. The minimum atomic E-state index is -3.67. The van der Waals surface area contributed by atoms with E-state index in [0.29, 0.717) is 5.69 Å². The Labute approximate surface area is 135 Å². The first kappa shape index (κ1) is 15.4. The smallest absolute Gasteiger partial charge is 0.238 e. The summed E-state index contributed by atoms with van der Waals surface area (Å²) in [4.78, 5) is 4.24. The first-order chi connectivity index (χ1) is 11.0. The number of nitriles is 1. The fourth-order valence-electron chi connectivity index (χ4n) is 2.87. The molecule has 1 heterocycles. The third-order valence-corrected chi connectivity index (χ3v) is 4.90. The van der Waals surface area contributed by atoms with Crippen molar-refractivity contribution in [2.24, 2.45) is 5.14 Å². The minimum absolute atomic E-state index is 0.112. The number of sulfonamides is 1. The van der Waals surface area contributed by atoms with Crippen LogP contribution < -0.4 is 5.14 Å². The van der Waals surface area contributed by atoms with E-state index in [1.165, 1.54) is 23.3 Å². The molecular weight excluding hydrogens is 310 g/mol. The van der Waals surface area contributed by atoms with Gasteiger partial charge in [-0.2, -0.15) is 5.26 Å². The second kappa shape index (κ2) is 5.95. The maximum atomic E-state index is 11.3. The molecule has 5 nitrogen and oxygen atoms in total. The number of primary sulfonamides is 1. The van der Waals surface area contributed by atoms with Crippen LogP contribution in [0.5, 0.6) is 0 Å².